The van der Waals surface area contributed by atoms with E-state index in [1.165, 1.54) is 0 Å². The van der Waals surface area contributed by atoms with Crippen LogP contribution in [-0.4, -0.2) is 13.3 Å². The van der Waals surface area contributed by atoms with Crippen LogP contribution in [0, 0.1) is 0 Å². The van der Waals surface area contributed by atoms with Crippen LogP contribution in [0.25, 0.3) is 0 Å². The molecule has 0 aliphatic heterocycles. The number of benzene rings is 2. The highest BCUT2D eigenvalue weighted by molar-refractivity contribution is 9.10. The van der Waals surface area contributed by atoms with Crippen molar-refractivity contribution in [2.24, 2.45) is 4.99 Å². The Balaban J connectivity index is 1.95. The van der Waals surface area contributed by atoms with E-state index in [1.54, 1.807) is 7.05 Å². The lowest BCUT2D eigenvalue weighted by Gasteiger charge is -2.06. The van der Waals surface area contributed by atoms with Gasteiger partial charge in [-0.1, -0.05) is 28.1 Å². The van der Waals surface area contributed by atoms with Crippen LogP contribution in [0.2, 0.25) is 0 Å². The molecule has 3 heteroatoms. The normalized spacial score (nSPS) is 10.8. The van der Waals surface area contributed by atoms with Crippen LogP contribution in [0.5, 0.6) is 5.75 Å². The number of hydrogen-bond donors (Lipinski definition) is 0. The maximum Gasteiger partial charge on any atom is 0.119 e. The highest BCUT2D eigenvalue weighted by atomic mass is 79.9. The topological polar surface area (TPSA) is 21.6 Å². The second-order valence-electron chi connectivity index (χ2n) is 3.87. The molecule has 18 heavy (non-hydrogen) atoms. The van der Waals surface area contributed by atoms with Crippen LogP contribution in [0.1, 0.15) is 11.1 Å². The van der Waals surface area contributed by atoms with Gasteiger partial charge in [-0.15, -0.1) is 0 Å². The molecule has 2 aromatic carbocycles. The molecular formula is C15H14BrNO. The van der Waals surface area contributed by atoms with Crippen molar-refractivity contribution in [3.8, 4) is 5.75 Å². The van der Waals surface area contributed by atoms with E-state index in [0.29, 0.717) is 6.61 Å². The first-order valence-electron chi connectivity index (χ1n) is 5.67. The van der Waals surface area contributed by atoms with Gasteiger partial charge < -0.3 is 4.74 Å². The maximum atomic E-state index is 5.71. The molecule has 0 saturated carbocycles. The average molecular weight is 304 g/mol. The molecule has 0 unspecified atom stereocenters. The quantitative estimate of drug-likeness (QED) is 0.780. The average Bonchev–Trinajstić information content (AvgIpc) is 2.40. The third kappa shape index (κ3) is 3.70. The molecule has 0 spiro atoms. The molecule has 0 aliphatic carbocycles. The number of nitrogens with zero attached hydrogens (tertiary/aromatic N) is 1. The van der Waals surface area contributed by atoms with Crippen molar-refractivity contribution in [2.75, 3.05) is 7.05 Å². The van der Waals surface area contributed by atoms with E-state index in [4.69, 9.17) is 4.74 Å². The molecule has 0 fully saturated rings. The van der Waals surface area contributed by atoms with Crippen LogP contribution in [-0.2, 0) is 6.61 Å². The zero-order chi connectivity index (χ0) is 12.8. The molecule has 92 valence electrons. The molecule has 2 rings (SSSR count). The molecule has 0 aromatic heterocycles. The summed E-state index contributed by atoms with van der Waals surface area (Å²) in [6.45, 7) is 0.578. The minimum absolute atomic E-state index is 0.578. The highest BCUT2D eigenvalue weighted by Gasteiger charge is 1.96. The molecule has 0 aliphatic rings. The lowest BCUT2D eigenvalue weighted by Crippen LogP contribution is -1.95. The van der Waals surface area contributed by atoms with Gasteiger partial charge in [-0.2, -0.15) is 0 Å². The van der Waals surface area contributed by atoms with Crippen LogP contribution in [0.3, 0.4) is 0 Å². The summed E-state index contributed by atoms with van der Waals surface area (Å²) < 4.78 is 6.78. The Bertz CT molecular complexity index is 517. The van der Waals surface area contributed by atoms with Gasteiger partial charge in [0.15, 0.2) is 0 Å². The predicted molar refractivity (Wildman–Crippen MR) is 78.4 cm³/mol. The minimum atomic E-state index is 0.578. The summed E-state index contributed by atoms with van der Waals surface area (Å²) in [5.74, 6) is 0.867. The number of halogens is 1. The van der Waals surface area contributed by atoms with Crippen LogP contribution >= 0.6 is 15.9 Å². The Morgan fingerprint density at radius 1 is 1.06 bits per heavy atom. The molecule has 0 heterocycles. The van der Waals surface area contributed by atoms with Crippen molar-refractivity contribution in [3.63, 3.8) is 0 Å². The smallest absolute Gasteiger partial charge is 0.119 e. The molecule has 0 N–H and O–H groups in total. The first kappa shape index (κ1) is 12.8. The standard InChI is InChI=1S/C15H14BrNO/c1-17-10-12-4-8-15(9-5-12)18-11-13-2-6-14(16)7-3-13/h2-10H,11H2,1H3. The summed E-state index contributed by atoms with van der Waals surface area (Å²) in [5, 5.41) is 0. The van der Waals surface area contributed by atoms with E-state index in [-0.39, 0.29) is 0 Å². The molecule has 0 bridgehead atoms. The molecule has 0 saturated heterocycles. The van der Waals surface area contributed by atoms with Crippen molar-refractivity contribution >= 4 is 22.1 Å². The SMILES string of the molecule is CN=Cc1ccc(OCc2ccc(Br)cc2)cc1. The zero-order valence-electron chi connectivity index (χ0n) is 10.1. The molecule has 0 atom stereocenters. The Morgan fingerprint density at radius 3 is 2.33 bits per heavy atom. The van der Waals surface area contributed by atoms with Gasteiger partial charge in [0.2, 0.25) is 0 Å². The van der Waals surface area contributed by atoms with E-state index in [0.717, 1.165) is 21.3 Å². The number of rotatable bonds is 4. The van der Waals surface area contributed by atoms with E-state index >= 15 is 0 Å². The fourth-order valence-corrected chi connectivity index (χ4v) is 1.81. The van der Waals surface area contributed by atoms with Gasteiger partial charge in [-0.25, -0.2) is 0 Å². The number of ether oxygens (including phenoxy) is 1. The lowest BCUT2D eigenvalue weighted by atomic mass is 10.2. The first-order chi connectivity index (χ1) is 8.78. The van der Waals surface area contributed by atoms with Gasteiger partial charge >= 0.3 is 0 Å². The number of aliphatic imine (C=N–C) groups is 1. The van der Waals surface area contributed by atoms with E-state index < -0.39 is 0 Å². The fraction of sp³-hybridized carbons (Fsp3) is 0.133. The van der Waals surface area contributed by atoms with Crippen molar-refractivity contribution < 1.29 is 4.74 Å². The summed E-state index contributed by atoms with van der Waals surface area (Å²) in [4.78, 5) is 3.97. The molecule has 0 radical (unpaired) electrons. The van der Waals surface area contributed by atoms with Gasteiger partial charge in [0.05, 0.1) is 0 Å². The monoisotopic (exact) mass is 303 g/mol. The van der Waals surface area contributed by atoms with Gasteiger partial charge in [0, 0.05) is 17.7 Å². The lowest BCUT2D eigenvalue weighted by molar-refractivity contribution is 0.306. The van der Waals surface area contributed by atoms with Crippen molar-refractivity contribution in [3.05, 3.63) is 64.1 Å². The van der Waals surface area contributed by atoms with Crippen molar-refractivity contribution in [2.45, 2.75) is 6.61 Å². The highest BCUT2D eigenvalue weighted by Crippen LogP contribution is 2.15. The molecular weight excluding hydrogens is 290 g/mol. The Labute approximate surface area is 115 Å². The van der Waals surface area contributed by atoms with Crippen molar-refractivity contribution in [1.29, 1.82) is 0 Å². The van der Waals surface area contributed by atoms with Crippen LogP contribution in [0.15, 0.2) is 58.0 Å². The second-order valence-corrected chi connectivity index (χ2v) is 4.79. The van der Waals surface area contributed by atoms with Gasteiger partial charge in [-0.05, 0) is 47.5 Å². The molecule has 0 amide bonds. The van der Waals surface area contributed by atoms with Crippen LogP contribution in [0.4, 0.5) is 0 Å². The van der Waals surface area contributed by atoms with E-state index in [9.17, 15) is 0 Å². The Kier molecular flexibility index (Phi) is 4.53. The minimum Gasteiger partial charge on any atom is -0.489 e. The Morgan fingerprint density at radius 2 is 1.72 bits per heavy atom. The second kappa shape index (κ2) is 6.36. The third-order valence-corrected chi connectivity index (χ3v) is 3.01. The molecule has 2 aromatic rings. The summed E-state index contributed by atoms with van der Waals surface area (Å²) in [6, 6.07) is 16.0. The molecule has 2 nitrogen and oxygen atoms in total. The number of hydrogen-bond acceptors (Lipinski definition) is 2. The predicted octanol–water partition coefficient (Wildman–Crippen LogP) is 4.08. The zero-order valence-corrected chi connectivity index (χ0v) is 11.7. The summed E-state index contributed by atoms with van der Waals surface area (Å²) in [5.41, 5.74) is 2.23. The van der Waals surface area contributed by atoms with Gasteiger partial charge in [-0.3, -0.25) is 4.99 Å². The third-order valence-electron chi connectivity index (χ3n) is 2.48. The van der Waals surface area contributed by atoms with Gasteiger partial charge in [0.25, 0.3) is 0 Å². The first-order valence-corrected chi connectivity index (χ1v) is 6.47. The van der Waals surface area contributed by atoms with Crippen LogP contribution < -0.4 is 4.74 Å². The van der Waals surface area contributed by atoms with Gasteiger partial charge in [0.1, 0.15) is 12.4 Å². The van der Waals surface area contributed by atoms with E-state index in [1.807, 2.05) is 54.7 Å². The fourth-order valence-electron chi connectivity index (χ4n) is 1.55. The summed E-state index contributed by atoms with van der Waals surface area (Å²) in [7, 11) is 1.76. The Hall–Kier alpha value is -1.61. The van der Waals surface area contributed by atoms with Crippen molar-refractivity contribution in [1.82, 2.24) is 0 Å². The van der Waals surface area contributed by atoms with E-state index in [2.05, 4.69) is 20.9 Å². The maximum absolute atomic E-state index is 5.71. The summed E-state index contributed by atoms with van der Waals surface area (Å²) >= 11 is 3.41. The summed E-state index contributed by atoms with van der Waals surface area (Å²) in [6.07, 6.45) is 1.82. The largest absolute Gasteiger partial charge is 0.489 e.